The van der Waals surface area contributed by atoms with Gasteiger partial charge in [0.05, 0.1) is 6.10 Å². The Morgan fingerprint density at radius 1 is 1.50 bits per heavy atom. The topological polar surface area (TPSA) is 54.5 Å². The zero-order valence-electron chi connectivity index (χ0n) is 12.5. The van der Waals surface area contributed by atoms with Crippen LogP contribution in [0.5, 0.6) is 0 Å². The van der Waals surface area contributed by atoms with E-state index in [2.05, 4.69) is 10.3 Å². The summed E-state index contributed by atoms with van der Waals surface area (Å²) in [5.74, 6) is 0.733. The fourth-order valence-electron chi connectivity index (χ4n) is 2.48. The van der Waals surface area contributed by atoms with Gasteiger partial charge in [0.25, 0.3) is 5.91 Å². The molecule has 0 saturated carbocycles. The van der Waals surface area contributed by atoms with Crippen LogP contribution in [0.25, 0.3) is 0 Å². The van der Waals surface area contributed by atoms with Gasteiger partial charge >= 0.3 is 0 Å². The van der Waals surface area contributed by atoms with Crippen molar-refractivity contribution in [3.8, 4) is 0 Å². The number of likely N-dealkylation sites (N-methyl/N-ethyl adjacent to an activating group) is 1. The lowest BCUT2D eigenvalue weighted by molar-refractivity contribution is -0.000188. The lowest BCUT2D eigenvalue weighted by Gasteiger charge is -2.27. The van der Waals surface area contributed by atoms with Gasteiger partial charge in [0.15, 0.2) is 0 Å². The first kappa shape index (κ1) is 14.8. The Bertz CT molecular complexity index is 470. The van der Waals surface area contributed by atoms with Gasteiger partial charge in [-0.1, -0.05) is 0 Å². The van der Waals surface area contributed by atoms with Crippen LogP contribution in [0, 0.1) is 6.92 Å². The molecule has 1 aliphatic rings. The van der Waals surface area contributed by atoms with Crippen molar-refractivity contribution < 1.29 is 9.53 Å². The highest BCUT2D eigenvalue weighted by Gasteiger charge is 2.20. The van der Waals surface area contributed by atoms with E-state index in [-0.39, 0.29) is 12.0 Å². The van der Waals surface area contributed by atoms with Crippen LogP contribution in [0.3, 0.4) is 0 Å². The van der Waals surface area contributed by atoms with Crippen molar-refractivity contribution >= 4 is 11.7 Å². The summed E-state index contributed by atoms with van der Waals surface area (Å²) in [7, 11) is 3.63. The Balaban J connectivity index is 2.03. The number of ether oxygens (including phenoxy) is 1. The van der Waals surface area contributed by atoms with E-state index in [9.17, 15) is 4.79 Å². The molecule has 0 bridgehead atoms. The van der Waals surface area contributed by atoms with Crippen molar-refractivity contribution in [3.05, 3.63) is 23.4 Å². The van der Waals surface area contributed by atoms with E-state index in [0.29, 0.717) is 12.1 Å². The molecule has 1 saturated heterocycles. The average Bonchev–Trinajstić information content (AvgIpc) is 2.46. The fraction of sp³-hybridized carbons (Fsp3) is 0.600. The first-order valence-corrected chi connectivity index (χ1v) is 7.13. The average molecular weight is 277 g/mol. The molecule has 1 aliphatic heterocycles. The summed E-state index contributed by atoms with van der Waals surface area (Å²) in [5.41, 5.74) is 1.50. The Morgan fingerprint density at radius 3 is 2.95 bits per heavy atom. The van der Waals surface area contributed by atoms with Crippen LogP contribution < -0.4 is 5.32 Å². The molecule has 1 unspecified atom stereocenters. The lowest BCUT2D eigenvalue weighted by Crippen LogP contribution is -2.37. The zero-order valence-corrected chi connectivity index (χ0v) is 12.5. The summed E-state index contributed by atoms with van der Waals surface area (Å²) in [4.78, 5) is 18.5. The molecule has 20 heavy (non-hydrogen) atoms. The van der Waals surface area contributed by atoms with Gasteiger partial charge in [0.1, 0.15) is 5.82 Å². The number of pyridine rings is 1. The molecular weight excluding hydrogens is 254 g/mol. The van der Waals surface area contributed by atoms with E-state index < -0.39 is 0 Å². The van der Waals surface area contributed by atoms with Crippen LogP contribution in [0.1, 0.15) is 35.3 Å². The maximum Gasteiger partial charge on any atom is 0.253 e. The van der Waals surface area contributed by atoms with Gasteiger partial charge < -0.3 is 15.0 Å². The fourth-order valence-corrected chi connectivity index (χ4v) is 2.48. The van der Waals surface area contributed by atoms with Crippen LogP contribution in [0.15, 0.2) is 12.1 Å². The molecule has 1 aromatic heterocycles. The minimum absolute atomic E-state index is 0.0150. The first-order chi connectivity index (χ1) is 9.60. The number of nitrogens with zero attached hydrogens (tertiary/aromatic N) is 2. The van der Waals surface area contributed by atoms with E-state index in [4.69, 9.17) is 4.74 Å². The van der Waals surface area contributed by atoms with Crippen LogP contribution in [-0.2, 0) is 4.74 Å². The van der Waals surface area contributed by atoms with Gasteiger partial charge in [-0.3, -0.25) is 4.79 Å². The van der Waals surface area contributed by atoms with Crippen molar-refractivity contribution in [2.45, 2.75) is 32.3 Å². The van der Waals surface area contributed by atoms with Crippen molar-refractivity contribution in [2.75, 3.05) is 32.6 Å². The Hall–Kier alpha value is -1.62. The number of aromatic nitrogens is 1. The van der Waals surface area contributed by atoms with Crippen LogP contribution in [0.4, 0.5) is 5.82 Å². The summed E-state index contributed by atoms with van der Waals surface area (Å²) < 4.78 is 5.68. The number of anilines is 1. The molecule has 1 atom stereocenters. The summed E-state index contributed by atoms with van der Waals surface area (Å²) >= 11 is 0. The van der Waals surface area contributed by atoms with Gasteiger partial charge in [-0.2, -0.15) is 0 Å². The quantitative estimate of drug-likeness (QED) is 0.915. The Morgan fingerprint density at radius 2 is 2.30 bits per heavy atom. The highest BCUT2D eigenvalue weighted by molar-refractivity contribution is 5.94. The van der Waals surface area contributed by atoms with E-state index in [0.717, 1.165) is 31.0 Å². The molecule has 110 valence electrons. The summed E-state index contributed by atoms with van der Waals surface area (Å²) in [6.07, 6.45) is 3.52. The second-order valence-electron chi connectivity index (χ2n) is 5.31. The summed E-state index contributed by atoms with van der Waals surface area (Å²) in [6.45, 7) is 3.35. The molecule has 0 aliphatic carbocycles. The van der Waals surface area contributed by atoms with Gasteiger partial charge in [0, 0.05) is 38.5 Å². The zero-order chi connectivity index (χ0) is 14.5. The molecule has 1 amide bonds. The molecule has 0 spiro atoms. The number of carbonyl (C=O) groups is 1. The number of rotatable bonds is 4. The molecule has 1 N–H and O–H groups in total. The number of amides is 1. The molecule has 0 aromatic carbocycles. The van der Waals surface area contributed by atoms with Crippen LogP contribution in [0.2, 0.25) is 0 Å². The predicted octanol–water partition coefficient (Wildman–Crippen LogP) is 2.07. The highest BCUT2D eigenvalue weighted by Crippen LogP contribution is 2.16. The van der Waals surface area contributed by atoms with E-state index in [1.165, 1.54) is 6.42 Å². The number of hydrogen-bond donors (Lipinski definition) is 1. The minimum Gasteiger partial charge on any atom is -0.376 e. The predicted molar refractivity (Wildman–Crippen MR) is 79.1 cm³/mol. The molecule has 2 heterocycles. The largest absolute Gasteiger partial charge is 0.376 e. The standard InChI is InChI=1S/C15H23N3O2/c1-11-8-12(9-14(16-2)17-11)15(19)18(3)10-13-6-4-5-7-20-13/h8-9,13H,4-7,10H2,1-3H3,(H,16,17). The van der Waals surface area contributed by atoms with Crippen molar-refractivity contribution in [1.29, 1.82) is 0 Å². The second kappa shape index (κ2) is 6.70. The lowest BCUT2D eigenvalue weighted by atomic mass is 10.1. The monoisotopic (exact) mass is 277 g/mol. The molecule has 1 fully saturated rings. The molecule has 2 rings (SSSR count). The maximum absolute atomic E-state index is 12.5. The SMILES string of the molecule is CNc1cc(C(=O)N(C)CC2CCCCO2)cc(C)n1. The van der Waals surface area contributed by atoms with Crippen molar-refractivity contribution in [3.63, 3.8) is 0 Å². The van der Waals surface area contributed by atoms with Crippen molar-refractivity contribution in [2.24, 2.45) is 0 Å². The number of nitrogens with one attached hydrogen (secondary N) is 1. The third-order valence-corrected chi connectivity index (χ3v) is 3.55. The van der Waals surface area contributed by atoms with Crippen LogP contribution in [-0.4, -0.2) is 49.1 Å². The molecule has 1 aromatic rings. The van der Waals surface area contributed by atoms with Crippen molar-refractivity contribution in [1.82, 2.24) is 9.88 Å². The van der Waals surface area contributed by atoms with Gasteiger partial charge in [-0.15, -0.1) is 0 Å². The third-order valence-electron chi connectivity index (χ3n) is 3.55. The van der Waals surface area contributed by atoms with E-state index in [1.807, 2.05) is 20.0 Å². The second-order valence-corrected chi connectivity index (χ2v) is 5.31. The first-order valence-electron chi connectivity index (χ1n) is 7.13. The minimum atomic E-state index is 0.0150. The van der Waals surface area contributed by atoms with Crippen LogP contribution >= 0.6 is 0 Å². The number of hydrogen-bond acceptors (Lipinski definition) is 4. The Labute approximate surface area is 120 Å². The molecule has 0 radical (unpaired) electrons. The maximum atomic E-state index is 12.5. The van der Waals surface area contributed by atoms with Gasteiger partial charge in [-0.25, -0.2) is 4.98 Å². The summed E-state index contributed by atoms with van der Waals surface area (Å²) in [5, 5.41) is 2.98. The van der Waals surface area contributed by atoms with Gasteiger partial charge in [0.2, 0.25) is 0 Å². The molecule has 5 nitrogen and oxygen atoms in total. The number of carbonyl (C=O) groups excluding carboxylic acids is 1. The Kier molecular flexibility index (Phi) is 4.95. The molecule has 5 heteroatoms. The van der Waals surface area contributed by atoms with Gasteiger partial charge in [-0.05, 0) is 38.3 Å². The third kappa shape index (κ3) is 3.70. The van der Waals surface area contributed by atoms with E-state index >= 15 is 0 Å². The molecular formula is C15H23N3O2. The summed E-state index contributed by atoms with van der Waals surface area (Å²) in [6, 6.07) is 3.61. The highest BCUT2D eigenvalue weighted by atomic mass is 16.5. The number of aryl methyl sites for hydroxylation is 1. The normalized spacial score (nSPS) is 18.6. The smallest absolute Gasteiger partial charge is 0.253 e. The van der Waals surface area contributed by atoms with E-state index in [1.54, 1.807) is 18.0 Å².